The molecule has 5 heteroatoms. The first-order chi connectivity index (χ1) is 8.39. The minimum atomic E-state index is -3.11. The summed E-state index contributed by atoms with van der Waals surface area (Å²) in [6.07, 6.45) is 3.13. The molecule has 0 N–H and O–H groups in total. The third kappa shape index (κ3) is 2.67. The Bertz CT molecular complexity index is 526. The van der Waals surface area contributed by atoms with Gasteiger partial charge in [0, 0.05) is 32.4 Å². The van der Waals surface area contributed by atoms with E-state index >= 15 is 0 Å². The maximum absolute atomic E-state index is 11.8. The lowest BCUT2D eigenvalue weighted by atomic mass is 10.0. The topological polar surface area (TPSA) is 40.6 Å². The minimum Gasteiger partial charge on any atom is -0.378 e. The van der Waals surface area contributed by atoms with Crippen LogP contribution in [0.3, 0.4) is 0 Å². The van der Waals surface area contributed by atoms with Crippen LogP contribution in [0.2, 0.25) is 0 Å². The number of benzene rings is 1. The number of hydrogen-bond donors (Lipinski definition) is 0. The predicted octanol–water partition coefficient (Wildman–Crippen LogP) is 1.85. The zero-order valence-corrected chi connectivity index (χ0v) is 11.9. The third-order valence-electron chi connectivity index (χ3n) is 3.40. The summed E-state index contributed by atoms with van der Waals surface area (Å²) in [6.45, 7) is 0.635. The summed E-state index contributed by atoms with van der Waals surface area (Å²) in [4.78, 5) is 2.03. The first-order valence-electron chi connectivity index (χ1n) is 6.13. The predicted molar refractivity (Wildman–Crippen MR) is 74.3 cm³/mol. The van der Waals surface area contributed by atoms with Crippen LogP contribution in [-0.2, 0) is 10.0 Å². The molecule has 0 spiro atoms. The quantitative estimate of drug-likeness (QED) is 0.840. The van der Waals surface area contributed by atoms with Crippen molar-refractivity contribution in [3.63, 3.8) is 0 Å². The molecule has 0 aliphatic carbocycles. The highest BCUT2D eigenvalue weighted by atomic mass is 32.2. The maximum atomic E-state index is 11.8. The van der Waals surface area contributed by atoms with Crippen molar-refractivity contribution < 1.29 is 8.42 Å². The van der Waals surface area contributed by atoms with Crippen LogP contribution in [0.1, 0.15) is 24.4 Å². The molecule has 1 atom stereocenters. The molecular formula is C13H20N2O2S. The van der Waals surface area contributed by atoms with E-state index in [0.29, 0.717) is 6.54 Å². The third-order valence-corrected chi connectivity index (χ3v) is 4.69. The lowest BCUT2D eigenvalue weighted by Crippen LogP contribution is -2.29. The molecule has 1 aliphatic rings. The Balaban J connectivity index is 2.33. The van der Waals surface area contributed by atoms with Crippen LogP contribution >= 0.6 is 0 Å². The fraction of sp³-hybridized carbons (Fsp3) is 0.538. The molecule has 0 unspecified atom stereocenters. The van der Waals surface area contributed by atoms with Crippen LogP contribution in [0.15, 0.2) is 24.3 Å². The summed E-state index contributed by atoms with van der Waals surface area (Å²) in [5.74, 6) is 0. The number of anilines is 1. The fourth-order valence-electron chi connectivity index (χ4n) is 2.48. The van der Waals surface area contributed by atoms with Crippen LogP contribution in [0.5, 0.6) is 0 Å². The van der Waals surface area contributed by atoms with E-state index in [2.05, 4.69) is 6.07 Å². The SMILES string of the molecule is CN(C)c1cccc([C@@H]2CCCN2S(C)(=O)=O)c1. The highest BCUT2D eigenvalue weighted by Crippen LogP contribution is 2.34. The lowest BCUT2D eigenvalue weighted by molar-refractivity contribution is 0.400. The lowest BCUT2D eigenvalue weighted by Gasteiger charge is -2.23. The molecule has 1 aromatic rings. The van der Waals surface area contributed by atoms with Crippen molar-refractivity contribution >= 4 is 15.7 Å². The van der Waals surface area contributed by atoms with Gasteiger partial charge in [-0.2, -0.15) is 4.31 Å². The normalized spacial score (nSPS) is 21.2. The second-order valence-electron chi connectivity index (χ2n) is 5.02. The molecule has 0 bridgehead atoms. The molecule has 2 rings (SSSR count). The van der Waals surface area contributed by atoms with E-state index < -0.39 is 10.0 Å². The molecule has 1 fully saturated rings. The van der Waals surface area contributed by atoms with Crippen LogP contribution in [0, 0.1) is 0 Å². The van der Waals surface area contributed by atoms with Crippen LogP contribution in [-0.4, -0.2) is 39.6 Å². The smallest absolute Gasteiger partial charge is 0.211 e. The van der Waals surface area contributed by atoms with Crippen molar-refractivity contribution in [3.05, 3.63) is 29.8 Å². The molecule has 1 aromatic carbocycles. The van der Waals surface area contributed by atoms with Crippen molar-refractivity contribution in [2.45, 2.75) is 18.9 Å². The van der Waals surface area contributed by atoms with E-state index in [9.17, 15) is 8.42 Å². The van der Waals surface area contributed by atoms with Crippen molar-refractivity contribution in [3.8, 4) is 0 Å². The van der Waals surface area contributed by atoms with Crippen LogP contribution in [0.25, 0.3) is 0 Å². The average molecular weight is 268 g/mol. The van der Waals surface area contributed by atoms with Gasteiger partial charge in [-0.1, -0.05) is 12.1 Å². The molecule has 0 radical (unpaired) electrons. The second-order valence-corrected chi connectivity index (χ2v) is 6.96. The molecule has 1 saturated heterocycles. The highest BCUT2D eigenvalue weighted by Gasteiger charge is 2.32. The van der Waals surface area contributed by atoms with Gasteiger partial charge in [0.25, 0.3) is 0 Å². The maximum Gasteiger partial charge on any atom is 0.211 e. The van der Waals surface area contributed by atoms with Gasteiger partial charge < -0.3 is 4.90 Å². The second kappa shape index (κ2) is 4.90. The number of nitrogens with zero attached hydrogens (tertiary/aromatic N) is 2. The Morgan fingerprint density at radius 1 is 1.33 bits per heavy atom. The Kier molecular flexibility index (Phi) is 3.64. The fourth-order valence-corrected chi connectivity index (χ4v) is 3.63. The molecule has 0 amide bonds. The Hall–Kier alpha value is -1.07. The summed E-state index contributed by atoms with van der Waals surface area (Å²) in [7, 11) is 0.863. The standard InChI is InChI=1S/C13H20N2O2S/c1-14(2)12-7-4-6-11(10-12)13-8-5-9-15(13)18(3,16)17/h4,6-7,10,13H,5,8-9H2,1-3H3/t13-/m0/s1. The summed E-state index contributed by atoms with van der Waals surface area (Å²) in [6, 6.07) is 8.11. The van der Waals surface area contributed by atoms with Crippen LogP contribution in [0.4, 0.5) is 5.69 Å². The Morgan fingerprint density at radius 3 is 2.67 bits per heavy atom. The average Bonchev–Trinajstić information content (AvgIpc) is 2.77. The molecule has 1 aliphatic heterocycles. The summed E-state index contributed by atoms with van der Waals surface area (Å²) >= 11 is 0. The van der Waals surface area contributed by atoms with Gasteiger partial charge in [-0.15, -0.1) is 0 Å². The first-order valence-corrected chi connectivity index (χ1v) is 7.98. The van der Waals surface area contributed by atoms with Gasteiger partial charge in [0.15, 0.2) is 0 Å². The Labute approximate surface area is 109 Å². The zero-order chi connectivity index (χ0) is 13.3. The Morgan fingerprint density at radius 2 is 2.06 bits per heavy atom. The van der Waals surface area contributed by atoms with Crippen molar-refractivity contribution in [1.82, 2.24) is 4.31 Å². The van der Waals surface area contributed by atoms with E-state index in [1.807, 2.05) is 37.2 Å². The van der Waals surface area contributed by atoms with Gasteiger partial charge in [0.05, 0.1) is 6.26 Å². The van der Waals surface area contributed by atoms with E-state index in [0.717, 1.165) is 24.1 Å². The molecular weight excluding hydrogens is 248 g/mol. The first kappa shape index (κ1) is 13.4. The highest BCUT2D eigenvalue weighted by molar-refractivity contribution is 7.88. The van der Waals surface area contributed by atoms with Crippen LogP contribution < -0.4 is 4.90 Å². The molecule has 0 saturated carbocycles. The van der Waals surface area contributed by atoms with Gasteiger partial charge in [-0.25, -0.2) is 8.42 Å². The van der Waals surface area contributed by atoms with Gasteiger partial charge in [-0.05, 0) is 30.5 Å². The van der Waals surface area contributed by atoms with Gasteiger partial charge in [0.1, 0.15) is 0 Å². The largest absolute Gasteiger partial charge is 0.378 e. The van der Waals surface area contributed by atoms with E-state index in [4.69, 9.17) is 0 Å². The van der Waals surface area contributed by atoms with Crippen molar-refractivity contribution in [2.75, 3.05) is 31.8 Å². The molecule has 100 valence electrons. The van der Waals surface area contributed by atoms with Gasteiger partial charge in [-0.3, -0.25) is 0 Å². The number of rotatable bonds is 3. The molecule has 1 heterocycles. The van der Waals surface area contributed by atoms with E-state index in [1.165, 1.54) is 6.26 Å². The zero-order valence-electron chi connectivity index (χ0n) is 11.1. The van der Waals surface area contributed by atoms with Gasteiger partial charge >= 0.3 is 0 Å². The number of sulfonamides is 1. The summed E-state index contributed by atoms with van der Waals surface area (Å²) in [5.41, 5.74) is 2.19. The molecule has 4 nitrogen and oxygen atoms in total. The van der Waals surface area contributed by atoms with Gasteiger partial charge in [0.2, 0.25) is 10.0 Å². The summed E-state index contributed by atoms with van der Waals surface area (Å²) in [5, 5.41) is 0. The monoisotopic (exact) mass is 268 g/mol. The molecule has 18 heavy (non-hydrogen) atoms. The molecule has 0 aromatic heterocycles. The summed E-state index contributed by atoms with van der Waals surface area (Å²) < 4.78 is 25.1. The van der Waals surface area contributed by atoms with Crippen molar-refractivity contribution in [2.24, 2.45) is 0 Å². The van der Waals surface area contributed by atoms with E-state index in [-0.39, 0.29) is 6.04 Å². The van der Waals surface area contributed by atoms with E-state index in [1.54, 1.807) is 4.31 Å². The minimum absolute atomic E-state index is 0.0000926. The number of hydrogen-bond acceptors (Lipinski definition) is 3. The van der Waals surface area contributed by atoms with Crippen molar-refractivity contribution in [1.29, 1.82) is 0 Å².